The number of anilines is 1. The molecule has 1 heterocycles. The number of hydrogen-bond acceptors (Lipinski definition) is 6. The standard InChI is InChI=1S/C20H19Cl2N3OS3/c1-12(2)13-6-3-4-9-17(13)23-18(26)11-28-20-25-24-19(29-20)27-10-14-15(21)7-5-8-16(14)22/h3-9,12H,10-11H2,1-2H3,(H,23,26). The molecule has 0 aliphatic rings. The van der Waals surface area contributed by atoms with E-state index in [4.69, 9.17) is 23.2 Å². The maximum absolute atomic E-state index is 12.3. The molecule has 3 aromatic rings. The number of hydrogen-bond donors (Lipinski definition) is 1. The normalized spacial score (nSPS) is 11.1. The van der Waals surface area contributed by atoms with Crippen LogP contribution in [-0.4, -0.2) is 21.9 Å². The number of benzene rings is 2. The highest BCUT2D eigenvalue weighted by atomic mass is 35.5. The largest absolute Gasteiger partial charge is 0.325 e. The quantitative estimate of drug-likeness (QED) is 0.349. The van der Waals surface area contributed by atoms with Crippen molar-refractivity contribution < 1.29 is 4.79 Å². The summed E-state index contributed by atoms with van der Waals surface area (Å²) in [6.45, 7) is 4.21. The first-order valence-electron chi connectivity index (χ1n) is 8.84. The van der Waals surface area contributed by atoms with Gasteiger partial charge in [0.1, 0.15) is 0 Å². The Balaban J connectivity index is 1.52. The summed E-state index contributed by atoms with van der Waals surface area (Å²) in [5, 5.41) is 12.6. The van der Waals surface area contributed by atoms with Crippen LogP contribution in [0.1, 0.15) is 30.9 Å². The molecule has 1 amide bonds. The fraction of sp³-hybridized carbons (Fsp3) is 0.250. The minimum absolute atomic E-state index is 0.0599. The number of carbonyl (C=O) groups excluding carboxylic acids is 1. The SMILES string of the molecule is CC(C)c1ccccc1NC(=O)CSc1nnc(SCc2c(Cl)cccc2Cl)s1. The van der Waals surface area contributed by atoms with E-state index in [0.717, 1.165) is 25.5 Å². The third-order valence-electron chi connectivity index (χ3n) is 3.97. The first kappa shape index (κ1) is 22.4. The summed E-state index contributed by atoms with van der Waals surface area (Å²) < 4.78 is 1.57. The Labute approximate surface area is 192 Å². The number of thioether (sulfide) groups is 2. The number of para-hydroxylation sites is 1. The molecule has 9 heteroatoms. The number of aromatic nitrogens is 2. The summed E-state index contributed by atoms with van der Waals surface area (Å²) in [5.41, 5.74) is 2.87. The second kappa shape index (κ2) is 10.7. The van der Waals surface area contributed by atoms with E-state index < -0.39 is 0 Å². The highest BCUT2D eigenvalue weighted by Gasteiger charge is 2.13. The second-order valence-electron chi connectivity index (χ2n) is 6.40. The molecular formula is C20H19Cl2N3OS3. The van der Waals surface area contributed by atoms with Crippen LogP contribution in [-0.2, 0) is 10.5 Å². The van der Waals surface area contributed by atoms with Crippen molar-refractivity contribution in [3.63, 3.8) is 0 Å². The van der Waals surface area contributed by atoms with Gasteiger partial charge in [0.2, 0.25) is 5.91 Å². The predicted molar refractivity (Wildman–Crippen MR) is 126 cm³/mol. The lowest BCUT2D eigenvalue weighted by Gasteiger charge is -2.13. The number of amides is 1. The molecule has 1 N–H and O–H groups in total. The van der Waals surface area contributed by atoms with E-state index >= 15 is 0 Å². The Kier molecular flexibility index (Phi) is 8.26. The lowest BCUT2D eigenvalue weighted by atomic mass is 10.0. The van der Waals surface area contributed by atoms with Gasteiger partial charge in [-0.05, 0) is 35.2 Å². The van der Waals surface area contributed by atoms with Crippen LogP contribution >= 0.6 is 58.1 Å². The van der Waals surface area contributed by atoms with Crippen LogP contribution in [0.2, 0.25) is 10.0 Å². The van der Waals surface area contributed by atoms with Gasteiger partial charge in [0.05, 0.1) is 5.75 Å². The summed E-state index contributed by atoms with van der Waals surface area (Å²) in [6.07, 6.45) is 0. The zero-order chi connectivity index (χ0) is 20.8. The van der Waals surface area contributed by atoms with Crippen molar-refractivity contribution in [2.24, 2.45) is 0 Å². The first-order valence-corrected chi connectivity index (χ1v) is 12.4. The van der Waals surface area contributed by atoms with E-state index in [1.807, 2.05) is 42.5 Å². The van der Waals surface area contributed by atoms with Crippen molar-refractivity contribution in [1.29, 1.82) is 0 Å². The first-order chi connectivity index (χ1) is 13.9. The Morgan fingerprint density at radius 1 is 1.03 bits per heavy atom. The van der Waals surface area contributed by atoms with Crippen LogP contribution in [0.15, 0.2) is 51.1 Å². The Morgan fingerprint density at radius 2 is 1.69 bits per heavy atom. The minimum atomic E-state index is -0.0599. The third kappa shape index (κ3) is 6.36. The van der Waals surface area contributed by atoms with Crippen LogP contribution in [0.5, 0.6) is 0 Å². The zero-order valence-electron chi connectivity index (χ0n) is 15.8. The number of carbonyl (C=O) groups is 1. The van der Waals surface area contributed by atoms with E-state index in [2.05, 4.69) is 29.4 Å². The average Bonchev–Trinajstić information content (AvgIpc) is 3.14. The molecule has 3 rings (SSSR count). The van der Waals surface area contributed by atoms with Crippen LogP contribution < -0.4 is 5.32 Å². The predicted octanol–water partition coefficient (Wildman–Crippen LogP) is 6.99. The molecule has 152 valence electrons. The average molecular weight is 484 g/mol. The maximum atomic E-state index is 12.3. The summed E-state index contributed by atoms with van der Waals surface area (Å²) in [5.74, 6) is 1.18. The van der Waals surface area contributed by atoms with Crippen LogP contribution in [0.25, 0.3) is 0 Å². The van der Waals surface area contributed by atoms with Gasteiger partial charge in [-0.1, -0.05) is 96.2 Å². The fourth-order valence-electron chi connectivity index (χ4n) is 2.55. The number of rotatable bonds is 8. The smallest absolute Gasteiger partial charge is 0.234 e. The molecular weight excluding hydrogens is 465 g/mol. The Bertz CT molecular complexity index is 974. The van der Waals surface area contributed by atoms with Gasteiger partial charge < -0.3 is 5.32 Å². The van der Waals surface area contributed by atoms with Crippen LogP contribution in [0, 0.1) is 0 Å². The molecule has 0 aliphatic carbocycles. The molecule has 0 fully saturated rings. The van der Waals surface area contributed by atoms with Gasteiger partial charge in [0.25, 0.3) is 0 Å². The molecule has 29 heavy (non-hydrogen) atoms. The molecule has 0 aliphatic heterocycles. The minimum Gasteiger partial charge on any atom is -0.325 e. The summed E-state index contributed by atoms with van der Waals surface area (Å²) in [6, 6.07) is 13.3. The molecule has 0 bridgehead atoms. The van der Waals surface area contributed by atoms with Crippen molar-refractivity contribution in [3.8, 4) is 0 Å². The van der Waals surface area contributed by atoms with Crippen LogP contribution in [0.3, 0.4) is 0 Å². The van der Waals surface area contributed by atoms with Crippen molar-refractivity contribution in [1.82, 2.24) is 10.2 Å². The molecule has 4 nitrogen and oxygen atoms in total. The monoisotopic (exact) mass is 483 g/mol. The number of nitrogens with zero attached hydrogens (tertiary/aromatic N) is 2. The van der Waals surface area contributed by atoms with Gasteiger partial charge in [-0.15, -0.1) is 10.2 Å². The van der Waals surface area contributed by atoms with E-state index in [-0.39, 0.29) is 11.7 Å². The van der Waals surface area contributed by atoms with Crippen molar-refractivity contribution >= 4 is 69.7 Å². The topological polar surface area (TPSA) is 54.9 Å². The van der Waals surface area contributed by atoms with E-state index in [0.29, 0.717) is 21.7 Å². The second-order valence-corrected chi connectivity index (χ2v) is 10.6. The summed E-state index contributed by atoms with van der Waals surface area (Å²) in [7, 11) is 0. The molecule has 1 aromatic heterocycles. The third-order valence-corrected chi connectivity index (χ3v) is 7.90. The molecule has 2 aromatic carbocycles. The molecule has 0 atom stereocenters. The highest BCUT2D eigenvalue weighted by molar-refractivity contribution is 8.03. The summed E-state index contributed by atoms with van der Waals surface area (Å²) in [4.78, 5) is 12.3. The van der Waals surface area contributed by atoms with Crippen molar-refractivity contribution in [2.75, 3.05) is 11.1 Å². The zero-order valence-corrected chi connectivity index (χ0v) is 19.8. The molecule has 0 spiro atoms. The van der Waals surface area contributed by atoms with E-state index in [1.54, 1.807) is 0 Å². The maximum Gasteiger partial charge on any atom is 0.234 e. The van der Waals surface area contributed by atoms with Gasteiger partial charge in [0, 0.05) is 21.5 Å². The Morgan fingerprint density at radius 3 is 2.38 bits per heavy atom. The highest BCUT2D eigenvalue weighted by Crippen LogP contribution is 2.34. The fourth-order valence-corrected chi connectivity index (χ4v) is 6.11. The lowest BCUT2D eigenvalue weighted by Crippen LogP contribution is -2.15. The van der Waals surface area contributed by atoms with Crippen molar-refractivity contribution in [3.05, 3.63) is 63.6 Å². The molecule has 0 saturated carbocycles. The van der Waals surface area contributed by atoms with Gasteiger partial charge in [-0.25, -0.2) is 0 Å². The van der Waals surface area contributed by atoms with Gasteiger partial charge >= 0.3 is 0 Å². The number of nitrogens with one attached hydrogen (secondary N) is 1. The van der Waals surface area contributed by atoms with Gasteiger partial charge in [-0.3, -0.25) is 4.79 Å². The van der Waals surface area contributed by atoms with Gasteiger partial charge in [0.15, 0.2) is 8.68 Å². The summed E-state index contributed by atoms with van der Waals surface area (Å²) >= 11 is 16.8. The molecule has 0 saturated heterocycles. The molecule has 0 unspecified atom stereocenters. The van der Waals surface area contributed by atoms with Crippen molar-refractivity contribution in [2.45, 2.75) is 34.2 Å². The molecule has 0 radical (unpaired) electrons. The number of halogens is 2. The van der Waals surface area contributed by atoms with Gasteiger partial charge in [-0.2, -0.15) is 0 Å². The van der Waals surface area contributed by atoms with E-state index in [9.17, 15) is 4.79 Å². The van der Waals surface area contributed by atoms with Crippen LogP contribution in [0.4, 0.5) is 5.69 Å². The lowest BCUT2D eigenvalue weighted by molar-refractivity contribution is -0.113. The van der Waals surface area contributed by atoms with E-state index in [1.165, 1.54) is 34.9 Å². The Hall–Kier alpha value is -1.25.